The molecular weight excluding hydrogens is 260 g/mol. The number of carbonyl (C=O) groups is 1. The molecule has 108 valence electrons. The van der Waals surface area contributed by atoms with E-state index >= 15 is 0 Å². The summed E-state index contributed by atoms with van der Waals surface area (Å²) in [7, 11) is 1.61. The molecule has 0 aliphatic carbocycles. The van der Waals surface area contributed by atoms with Crippen molar-refractivity contribution in [3.63, 3.8) is 0 Å². The molecule has 2 rings (SSSR count). The second kappa shape index (κ2) is 6.33. The third-order valence-corrected chi connectivity index (χ3v) is 2.96. The smallest absolute Gasteiger partial charge is 0.291 e. The summed E-state index contributed by atoms with van der Waals surface area (Å²) in [5.74, 6) is 0.433. The highest BCUT2D eigenvalue weighted by Crippen LogP contribution is 2.00. The van der Waals surface area contributed by atoms with Gasteiger partial charge in [-0.05, 0) is 25.5 Å². The summed E-state index contributed by atoms with van der Waals surface area (Å²) >= 11 is 0. The zero-order chi connectivity index (χ0) is 14.5. The number of rotatable bonds is 6. The first-order valence-corrected chi connectivity index (χ1v) is 6.44. The molecule has 0 aliphatic heterocycles. The maximum Gasteiger partial charge on any atom is 0.291 e. The van der Waals surface area contributed by atoms with Crippen molar-refractivity contribution in [2.75, 3.05) is 20.3 Å². The molecule has 7 nitrogen and oxygen atoms in total. The quantitative estimate of drug-likeness (QED) is 0.752. The number of aromatic nitrogens is 3. The summed E-state index contributed by atoms with van der Waals surface area (Å²) in [6, 6.07) is 3.49. The summed E-state index contributed by atoms with van der Waals surface area (Å²) in [5, 5.41) is 6.87. The summed E-state index contributed by atoms with van der Waals surface area (Å²) in [5.41, 5.74) is 0.248. The third kappa shape index (κ3) is 3.05. The van der Waals surface area contributed by atoms with Crippen LogP contribution in [0.5, 0.6) is 0 Å². The SMILES string of the molecule is COCCCNC(=O)Cn1nc(C)n2cccc2c1=O. The van der Waals surface area contributed by atoms with E-state index in [0.717, 1.165) is 6.42 Å². The molecule has 0 saturated heterocycles. The van der Waals surface area contributed by atoms with E-state index in [2.05, 4.69) is 10.4 Å². The summed E-state index contributed by atoms with van der Waals surface area (Å²) in [6.45, 7) is 2.83. The van der Waals surface area contributed by atoms with Gasteiger partial charge in [0.05, 0.1) is 0 Å². The van der Waals surface area contributed by atoms with Gasteiger partial charge in [0, 0.05) is 26.5 Å². The van der Waals surface area contributed by atoms with Crippen LogP contribution in [-0.4, -0.2) is 40.3 Å². The molecule has 0 aromatic carbocycles. The number of hydrogen-bond acceptors (Lipinski definition) is 4. The minimum absolute atomic E-state index is 0.0751. The molecule has 2 heterocycles. The number of fused-ring (bicyclic) bond motifs is 1. The lowest BCUT2D eigenvalue weighted by Gasteiger charge is -2.08. The molecule has 0 bridgehead atoms. The van der Waals surface area contributed by atoms with E-state index in [1.165, 1.54) is 4.68 Å². The van der Waals surface area contributed by atoms with Crippen LogP contribution in [0.15, 0.2) is 23.1 Å². The number of nitrogens with zero attached hydrogens (tertiary/aromatic N) is 3. The second-order valence-electron chi connectivity index (χ2n) is 4.47. The van der Waals surface area contributed by atoms with E-state index in [0.29, 0.717) is 24.5 Å². The highest BCUT2D eigenvalue weighted by atomic mass is 16.5. The van der Waals surface area contributed by atoms with Crippen LogP contribution >= 0.6 is 0 Å². The van der Waals surface area contributed by atoms with Crippen LogP contribution < -0.4 is 10.9 Å². The minimum Gasteiger partial charge on any atom is -0.385 e. The van der Waals surface area contributed by atoms with Crippen molar-refractivity contribution in [3.8, 4) is 0 Å². The predicted molar refractivity (Wildman–Crippen MR) is 73.7 cm³/mol. The van der Waals surface area contributed by atoms with Gasteiger partial charge in [-0.2, -0.15) is 5.10 Å². The average Bonchev–Trinajstić information content (AvgIpc) is 2.91. The van der Waals surface area contributed by atoms with Crippen LogP contribution in [0.1, 0.15) is 12.2 Å². The van der Waals surface area contributed by atoms with Crippen LogP contribution in [0, 0.1) is 6.92 Å². The largest absolute Gasteiger partial charge is 0.385 e. The fourth-order valence-corrected chi connectivity index (χ4v) is 1.98. The Kier molecular flexibility index (Phi) is 4.52. The predicted octanol–water partition coefficient (Wildman–Crippen LogP) is -0.0429. The maximum atomic E-state index is 12.1. The van der Waals surface area contributed by atoms with E-state index in [4.69, 9.17) is 4.74 Å². The highest BCUT2D eigenvalue weighted by molar-refractivity contribution is 5.75. The van der Waals surface area contributed by atoms with Gasteiger partial charge in [0.15, 0.2) is 0 Å². The topological polar surface area (TPSA) is 77.6 Å². The number of methoxy groups -OCH3 is 1. The molecule has 0 unspecified atom stereocenters. The Bertz CT molecular complexity index is 659. The third-order valence-electron chi connectivity index (χ3n) is 2.96. The van der Waals surface area contributed by atoms with Crippen molar-refractivity contribution in [1.82, 2.24) is 19.5 Å². The molecular formula is C13H18N4O3. The Hall–Kier alpha value is -2.15. The Morgan fingerprint density at radius 3 is 3.05 bits per heavy atom. The van der Waals surface area contributed by atoms with Crippen molar-refractivity contribution in [1.29, 1.82) is 0 Å². The van der Waals surface area contributed by atoms with Crippen LogP contribution in [-0.2, 0) is 16.1 Å². The van der Waals surface area contributed by atoms with Gasteiger partial charge < -0.3 is 10.1 Å². The molecule has 7 heteroatoms. The lowest BCUT2D eigenvalue weighted by Crippen LogP contribution is -2.35. The Morgan fingerprint density at radius 2 is 2.30 bits per heavy atom. The molecule has 1 N–H and O–H groups in total. The van der Waals surface area contributed by atoms with Gasteiger partial charge in [0.25, 0.3) is 5.56 Å². The van der Waals surface area contributed by atoms with Crippen LogP contribution in [0.3, 0.4) is 0 Å². The summed E-state index contributed by atoms with van der Waals surface area (Å²) in [4.78, 5) is 23.9. The molecule has 0 aliphatic rings. The molecule has 2 aromatic rings. The lowest BCUT2D eigenvalue weighted by molar-refractivity contribution is -0.121. The first-order valence-electron chi connectivity index (χ1n) is 6.44. The van der Waals surface area contributed by atoms with Crippen molar-refractivity contribution in [2.45, 2.75) is 19.9 Å². The van der Waals surface area contributed by atoms with Gasteiger partial charge in [0.2, 0.25) is 5.91 Å². The Balaban J connectivity index is 2.08. The number of hydrogen-bond donors (Lipinski definition) is 1. The van der Waals surface area contributed by atoms with Gasteiger partial charge >= 0.3 is 0 Å². The maximum absolute atomic E-state index is 12.1. The molecule has 0 saturated carbocycles. The average molecular weight is 278 g/mol. The molecule has 0 spiro atoms. The number of amides is 1. The Morgan fingerprint density at radius 1 is 1.50 bits per heavy atom. The normalized spacial score (nSPS) is 10.9. The van der Waals surface area contributed by atoms with Gasteiger partial charge in [-0.1, -0.05) is 0 Å². The monoisotopic (exact) mass is 278 g/mol. The van der Waals surface area contributed by atoms with Crippen molar-refractivity contribution < 1.29 is 9.53 Å². The van der Waals surface area contributed by atoms with E-state index in [9.17, 15) is 9.59 Å². The van der Waals surface area contributed by atoms with Gasteiger partial charge in [-0.15, -0.1) is 0 Å². The van der Waals surface area contributed by atoms with E-state index < -0.39 is 0 Å². The van der Waals surface area contributed by atoms with Gasteiger partial charge in [-0.3, -0.25) is 14.0 Å². The lowest BCUT2D eigenvalue weighted by atomic mass is 10.4. The second-order valence-corrected chi connectivity index (χ2v) is 4.47. The first kappa shape index (κ1) is 14.3. The van der Waals surface area contributed by atoms with Crippen molar-refractivity contribution in [2.24, 2.45) is 0 Å². The molecule has 0 atom stereocenters. The minimum atomic E-state index is -0.271. The van der Waals surface area contributed by atoms with E-state index in [1.54, 1.807) is 36.8 Å². The first-order chi connectivity index (χ1) is 9.63. The zero-order valence-corrected chi connectivity index (χ0v) is 11.6. The number of carbonyl (C=O) groups excluding carboxylic acids is 1. The standard InChI is InChI=1S/C13H18N4O3/c1-10-15-17(9-12(18)14-6-4-8-20-2)13(19)11-5-3-7-16(10)11/h3,5,7H,4,6,8-9H2,1-2H3,(H,14,18). The van der Waals surface area contributed by atoms with Gasteiger partial charge in [0.1, 0.15) is 17.9 Å². The molecule has 1 amide bonds. The number of nitrogens with one attached hydrogen (secondary N) is 1. The fourth-order valence-electron chi connectivity index (χ4n) is 1.98. The van der Waals surface area contributed by atoms with Gasteiger partial charge in [-0.25, -0.2) is 4.68 Å². The molecule has 2 aromatic heterocycles. The van der Waals surface area contributed by atoms with Crippen LogP contribution in [0.25, 0.3) is 5.52 Å². The van der Waals surface area contributed by atoms with E-state index in [1.807, 2.05) is 0 Å². The zero-order valence-electron chi connectivity index (χ0n) is 11.6. The fraction of sp³-hybridized carbons (Fsp3) is 0.462. The molecule has 0 radical (unpaired) electrons. The molecule has 0 fully saturated rings. The van der Waals surface area contributed by atoms with Crippen LogP contribution in [0.4, 0.5) is 0 Å². The van der Waals surface area contributed by atoms with Crippen molar-refractivity contribution in [3.05, 3.63) is 34.5 Å². The van der Waals surface area contributed by atoms with E-state index in [-0.39, 0.29) is 18.0 Å². The van der Waals surface area contributed by atoms with Crippen LogP contribution in [0.2, 0.25) is 0 Å². The Labute approximate surface area is 116 Å². The summed E-state index contributed by atoms with van der Waals surface area (Å²) in [6.07, 6.45) is 2.51. The van der Waals surface area contributed by atoms with Crippen molar-refractivity contribution >= 4 is 11.4 Å². The highest BCUT2D eigenvalue weighted by Gasteiger charge is 2.10. The number of aryl methyl sites for hydroxylation is 1. The number of ether oxygens (including phenoxy) is 1. The molecule has 20 heavy (non-hydrogen) atoms. The summed E-state index contributed by atoms with van der Waals surface area (Å²) < 4.78 is 7.79.